The Hall–Kier alpha value is -2.34. The second-order valence-electron chi connectivity index (χ2n) is 3.18. The molecular weight excluding hydrogens is 256 g/mol. The molecule has 0 aliphatic rings. The van der Waals surface area contributed by atoms with Crippen LogP contribution in [0.4, 0.5) is 10.6 Å². The summed E-state index contributed by atoms with van der Waals surface area (Å²) < 4.78 is 4.97. The van der Waals surface area contributed by atoms with Gasteiger partial charge < -0.3 is 4.74 Å². The van der Waals surface area contributed by atoms with Gasteiger partial charge in [0.15, 0.2) is 5.82 Å². The summed E-state index contributed by atoms with van der Waals surface area (Å²) in [5.41, 5.74) is 4.83. The molecule has 7 heteroatoms. The Balaban J connectivity index is 1.85. The largest absolute Gasteiger partial charge is 0.431 e. The zero-order valence-corrected chi connectivity index (χ0v) is 9.89. The summed E-state index contributed by atoms with van der Waals surface area (Å²) in [7, 11) is 0. The van der Waals surface area contributed by atoms with Crippen LogP contribution in [-0.4, -0.2) is 16.1 Å². The second-order valence-corrected chi connectivity index (χ2v) is 3.57. The van der Waals surface area contributed by atoms with Crippen molar-refractivity contribution >= 4 is 23.5 Å². The molecule has 92 valence electrons. The van der Waals surface area contributed by atoms with E-state index in [1.165, 1.54) is 12.4 Å². The fourth-order valence-corrected chi connectivity index (χ4v) is 1.29. The van der Waals surface area contributed by atoms with E-state index < -0.39 is 6.09 Å². The van der Waals surface area contributed by atoms with Crippen molar-refractivity contribution in [3.05, 3.63) is 47.9 Å². The van der Waals surface area contributed by atoms with E-state index >= 15 is 0 Å². The Morgan fingerprint density at radius 3 is 2.72 bits per heavy atom. The summed E-state index contributed by atoms with van der Waals surface area (Å²) in [5, 5.41) is 0.221. The molecule has 1 aromatic heterocycles. The average molecular weight is 265 g/mol. The van der Waals surface area contributed by atoms with Crippen molar-refractivity contribution in [1.29, 1.82) is 0 Å². The van der Waals surface area contributed by atoms with E-state index in [0.717, 1.165) is 0 Å². The number of carbonyl (C=O) groups excluding carboxylic acids is 1. The van der Waals surface area contributed by atoms with E-state index in [-0.39, 0.29) is 5.15 Å². The van der Waals surface area contributed by atoms with Crippen molar-refractivity contribution < 1.29 is 9.53 Å². The van der Waals surface area contributed by atoms with Crippen LogP contribution in [0.25, 0.3) is 0 Å². The molecule has 2 N–H and O–H groups in total. The smallest absolute Gasteiger partial charge is 0.409 e. The van der Waals surface area contributed by atoms with Gasteiger partial charge in [0.2, 0.25) is 0 Å². The van der Waals surface area contributed by atoms with E-state index in [2.05, 4.69) is 20.8 Å². The summed E-state index contributed by atoms with van der Waals surface area (Å²) in [5.74, 6) is 0.751. The second kappa shape index (κ2) is 5.83. The number of anilines is 1. The summed E-state index contributed by atoms with van der Waals surface area (Å²) >= 11 is 5.63. The van der Waals surface area contributed by atoms with Gasteiger partial charge >= 0.3 is 6.09 Å². The third-order valence-corrected chi connectivity index (χ3v) is 2.03. The number of aromatic nitrogens is 2. The van der Waals surface area contributed by atoms with Crippen LogP contribution in [0, 0.1) is 0 Å². The lowest BCUT2D eigenvalue weighted by atomic mass is 10.3. The summed E-state index contributed by atoms with van der Waals surface area (Å²) in [6, 6.07) is 8.68. The minimum atomic E-state index is -0.664. The van der Waals surface area contributed by atoms with Crippen LogP contribution >= 0.6 is 11.6 Å². The quantitative estimate of drug-likeness (QED) is 0.832. The van der Waals surface area contributed by atoms with Crippen LogP contribution in [0.15, 0.2) is 42.7 Å². The minimum absolute atomic E-state index is 0.221. The molecule has 6 nitrogen and oxygen atoms in total. The summed E-state index contributed by atoms with van der Waals surface area (Å²) in [4.78, 5) is 19.1. The third-order valence-electron chi connectivity index (χ3n) is 1.85. The molecule has 0 aliphatic heterocycles. The highest BCUT2D eigenvalue weighted by atomic mass is 35.5. The third kappa shape index (κ3) is 3.60. The highest BCUT2D eigenvalue weighted by molar-refractivity contribution is 6.29. The summed E-state index contributed by atoms with van der Waals surface area (Å²) in [6.45, 7) is 0. The lowest BCUT2D eigenvalue weighted by Crippen LogP contribution is -2.32. The van der Waals surface area contributed by atoms with E-state index in [4.69, 9.17) is 16.3 Å². The molecule has 0 spiro atoms. The van der Waals surface area contributed by atoms with Crippen LogP contribution in [0.3, 0.4) is 0 Å². The van der Waals surface area contributed by atoms with Gasteiger partial charge in [-0.3, -0.25) is 10.4 Å². The summed E-state index contributed by atoms with van der Waals surface area (Å²) in [6.07, 6.45) is 2.13. The SMILES string of the molecule is O=C(NNc1cncc(Cl)n1)Oc1ccccc1. The molecule has 0 saturated heterocycles. The van der Waals surface area contributed by atoms with Gasteiger partial charge in [-0.05, 0) is 12.1 Å². The molecule has 0 bridgehead atoms. The van der Waals surface area contributed by atoms with Gasteiger partial charge in [-0.15, -0.1) is 0 Å². The maximum Gasteiger partial charge on any atom is 0.431 e. The predicted molar refractivity (Wildman–Crippen MR) is 66.3 cm³/mol. The lowest BCUT2D eigenvalue weighted by Gasteiger charge is -2.07. The molecule has 2 aromatic rings. The normalized spacial score (nSPS) is 9.61. The minimum Gasteiger partial charge on any atom is -0.409 e. The maximum atomic E-state index is 11.4. The molecule has 0 aliphatic carbocycles. The van der Waals surface area contributed by atoms with E-state index in [0.29, 0.717) is 11.6 Å². The molecule has 0 atom stereocenters. The highest BCUT2D eigenvalue weighted by Gasteiger charge is 2.03. The number of hydrazine groups is 1. The van der Waals surface area contributed by atoms with Crippen molar-refractivity contribution in [1.82, 2.24) is 15.4 Å². The predicted octanol–water partition coefficient (Wildman–Crippen LogP) is 2.25. The first-order chi connectivity index (χ1) is 8.74. The molecule has 0 radical (unpaired) electrons. The topological polar surface area (TPSA) is 76.1 Å². The number of nitrogens with zero attached hydrogens (tertiary/aromatic N) is 2. The Kier molecular flexibility index (Phi) is 3.93. The van der Waals surface area contributed by atoms with Gasteiger partial charge in [0, 0.05) is 0 Å². The van der Waals surface area contributed by atoms with Crippen LogP contribution in [0.5, 0.6) is 5.75 Å². The monoisotopic (exact) mass is 264 g/mol. The first-order valence-electron chi connectivity index (χ1n) is 5.00. The zero-order valence-electron chi connectivity index (χ0n) is 9.13. The van der Waals surface area contributed by atoms with Crippen LogP contribution < -0.4 is 15.6 Å². The fraction of sp³-hybridized carbons (Fsp3) is 0. The van der Waals surface area contributed by atoms with Gasteiger partial charge in [0.25, 0.3) is 0 Å². The molecular formula is C11H9ClN4O2. The van der Waals surface area contributed by atoms with Crippen molar-refractivity contribution in [2.24, 2.45) is 0 Å². The first-order valence-corrected chi connectivity index (χ1v) is 5.38. The van der Waals surface area contributed by atoms with E-state index in [9.17, 15) is 4.79 Å². The molecule has 18 heavy (non-hydrogen) atoms. The number of rotatable bonds is 3. The number of carbonyl (C=O) groups is 1. The zero-order chi connectivity index (χ0) is 12.8. The molecule has 1 heterocycles. The average Bonchev–Trinajstić information content (AvgIpc) is 2.38. The van der Waals surface area contributed by atoms with E-state index in [1.807, 2.05) is 6.07 Å². The standard InChI is InChI=1S/C11H9ClN4O2/c12-9-6-13-7-10(14-9)15-16-11(17)18-8-4-2-1-3-5-8/h1-7H,(H,14,15)(H,16,17). The fourth-order valence-electron chi connectivity index (χ4n) is 1.14. The van der Waals surface area contributed by atoms with Gasteiger partial charge in [-0.25, -0.2) is 15.2 Å². The maximum absolute atomic E-state index is 11.4. The van der Waals surface area contributed by atoms with Gasteiger partial charge in [0.1, 0.15) is 10.9 Å². The number of benzene rings is 1. The molecule has 2 rings (SSSR count). The molecule has 1 amide bonds. The molecule has 1 aromatic carbocycles. The molecule has 0 unspecified atom stereocenters. The number of hydrogen-bond donors (Lipinski definition) is 2. The Morgan fingerprint density at radius 1 is 1.22 bits per heavy atom. The number of hydrogen-bond acceptors (Lipinski definition) is 5. The number of halogens is 1. The Morgan fingerprint density at radius 2 is 2.00 bits per heavy atom. The van der Waals surface area contributed by atoms with Gasteiger partial charge in [0.05, 0.1) is 12.4 Å². The Labute approximate surface area is 108 Å². The number of ether oxygens (including phenoxy) is 1. The van der Waals surface area contributed by atoms with Gasteiger partial charge in [-0.2, -0.15) is 0 Å². The Bertz CT molecular complexity index is 536. The van der Waals surface area contributed by atoms with E-state index in [1.54, 1.807) is 24.3 Å². The molecule has 0 fully saturated rings. The van der Waals surface area contributed by atoms with Crippen LogP contribution in [0.2, 0.25) is 5.15 Å². The first kappa shape index (κ1) is 12.1. The molecule has 0 saturated carbocycles. The highest BCUT2D eigenvalue weighted by Crippen LogP contribution is 2.08. The number of para-hydroxylation sites is 1. The van der Waals surface area contributed by atoms with Crippen LogP contribution in [-0.2, 0) is 0 Å². The van der Waals surface area contributed by atoms with Crippen molar-refractivity contribution in [2.75, 3.05) is 5.43 Å². The number of amides is 1. The lowest BCUT2D eigenvalue weighted by molar-refractivity contribution is 0.203. The van der Waals surface area contributed by atoms with Crippen LogP contribution in [0.1, 0.15) is 0 Å². The van der Waals surface area contributed by atoms with Crippen molar-refractivity contribution in [3.63, 3.8) is 0 Å². The number of nitrogens with one attached hydrogen (secondary N) is 2. The van der Waals surface area contributed by atoms with Crippen molar-refractivity contribution in [3.8, 4) is 5.75 Å². The van der Waals surface area contributed by atoms with Gasteiger partial charge in [-0.1, -0.05) is 29.8 Å². The van der Waals surface area contributed by atoms with Crippen molar-refractivity contribution in [2.45, 2.75) is 0 Å².